The first kappa shape index (κ1) is 19.7. The average Bonchev–Trinajstić information content (AvgIpc) is 2.84. The van der Waals surface area contributed by atoms with Gasteiger partial charge in [-0.2, -0.15) is 0 Å². The second kappa shape index (κ2) is 8.18. The maximum Gasteiger partial charge on any atom is 0.338 e. The molecule has 0 saturated carbocycles. The Morgan fingerprint density at radius 2 is 1.92 bits per heavy atom. The van der Waals surface area contributed by atoms with Gasteiger partial charge in [0.15, 0.2) is 0 Å². The van der Waals surface area contributed by atoms with Gasteiger partial charge < -0.3 is 19.9 Å². The van der Waals surface area contributed by atoms with Crippen molar-refractivity contribution in [2.45, 2.75) is 38.8 Å². The molecule has 1 aromatic rings. The number of hydrogen-bond donors (Lipinski definition) is 2. The summed E-state index contributed by atoms with van der Waals surface area (Å²) in [6, 6.07) is 5.77. The molecular weight excluding hydrogens is 340 g/mol. The molecule has 1 aromatic carbocycles. The Morgan fingerprint density at radius 3 is 2.46 bits per heavy atom. The van der Waals surface area contributed by atoms with Crippen LogP contribution in [0, 0.1) is 0 Å². The Balaban J connectivity index is 1.87. The molecule has 1 heterocycles. The smallest absolute Gasteiger partial charge is 0.338 e. The lowest BCUT2D eigenvalue weighted by Crippen LogP contribution is -2.44. The minimum Gasteiger partial charge on any atom is -0.491 e. The number of aliphatic hydroxyl groups is 1. The normalized spacial score (nSPS) is 20.7. The highest BCUT2D eigenvalue weighted by Gasteiger charge is 2.46. The molecule has 0 spiro atoms. The summed E-state index contributed by atoms with van der Waals surface area (Å²) in [6.07, 6.45) is -0.568. The Morgan fingerprint density at radius 1 is 1.27 bits per heavy atom. The lowest BCUT2D eigenvalue weighted by atomic mass is 9.99. The average molecular weight is 364 g/mol. The minimum absolute atomic E-state index is 0.0986. The van der Waals surface area contributed by atoms with Crippen molar-refractivity contribution >= 4 is 17.9 Å². The number of carbonyl (C=O) groups excluding carboxylic acids is 3. The maximum absolute atomic E-state index is 12.3. The Hall–Kier alpha value is -2.61. The lowest BCUT2D eigenvalue weighted by Gasteiger charge is -2.21. The molecule has 142 valence electrons. The molecule has 8 heteroatoms. The van der Waals surface area contributed by atoms with Crippen molar-refractivity contribution in [3.05, 3.63) is 29.8 Å². The highest BCUT2D eigenvalue weighted by Crippen LogP contribution is 2.21. The first-order chi connectivity index (χ1) is 12.3. The number of rotatable bonds is 8. The topological polar surface area (TPSA) is 105 Å². The first-order valence-corrected chi connectivity index (χ1v) is 8.53. The van der Waals surface area contributed by atoms with Gasteiger partial charge in [0.1, 0.15) is 24.0 Å². The molecule has 26 heavy (non-hydrogen) atoms. The predicted octanol–water partition coefficient (Wildman–Crippen LogP) is 1.32. The molecule has 1 saturated heterocycles. The minimum atomic E-state index is -1.03. The zero-order valence-corrected chi connectivity index (χ0v) is 15.2. The summed E-state index contributed by atoms with van der Waals surface area (Å²) in [4.78, 5) is 36.8. The zero-order chi connectivity index (χ0) is 19.3. The number of benzene rings is 1. The molecule has 8 nitrogen and oxygen atoms in total. The van der Waals surface area contributed by atoms with Crippen LogP contribution in [0.2, 0.25) is 0 Å². The Kier molecular flexibility index (Phi) is 6.20. The van der Waals surface area contributed by atoms with E-state index in [1.807, 2.05) is 0 Å². The van der Waals surface area contributed by atoms with Crippen LogP contribution in [-0.2, 0) is 9.53 Å². The summed E-state index contributed by atoms with van der Waals surface area (Å²) in [5.41, 5.74) is -0.529. The second-order valence-corrected chi connectivity index (χ2v) is 6.24. The molecule has 1 aliphatic rings. The summed E-state index contributed by atoms with van der Waals surface area (Å²) in [7, 11) is 0. The van der Waals surface area contributed by atoms with Gasteiger partial charge in [-0.15, -0.1) is 0 Å². The molecule has 2 rings (SSSR count). The molecule has 1 fully saturated rings. The lowest BCUT2D eigenvalue weighted by molar-refractivity contribution is -0.132. The number of carbonyl (C=O) groups is 3. The van der Waals surface area contributed by atoms with E-state index in [2.05, 4.69) is 5.32 Å². The third-order valence-corrected chi connectivity index (χ3v) is 4.25. The first-order valence-electron chi connectivity index (χ1n) is 8.53. The van der Waals surface area contributed by atoms with Crippen molar-refractivity contribution in [3.63, 3.8) is 0 Å². The fourth-order valence-electron chi connectivity index (χ4n) is 2.51. The number of amides is 3. The van der Waals surface area contributed by atoms with Crippen LogP contribution in [0.4, 0.5) is 4.79 Å². The predicted molar refractivity (Wildman–Crippen MR) is 92.8 cm³/mol. The van der Waals surface area contributed by atoms with E-state index >= 15 is 0 Å². The van der Waals surface area contributed by atoms with Crippen LogP contribution < -0.4 is 10.1 Å². The summed E-state index contributed by atoms with van der Waals surface area (Å²) in [5.74, 6) is -0.327. The van der Waals surface area contributed by atoms with Crippen LogP contribution in [0.5, 0.6) is 5.75 Å². The number of urea groups is 1. The fraction of sp³-hybridized carbons (Fsp3) is 0.500. The van der Waals surface area contributed by atoms with Gasteiger partial charge in [0, 0.05) is 0 Å². The van der Waals surface area contributed by atoms with E-state index < -0.39 is 23.6 Å². The van der Waals surface area contributed by atoms with Gasteiger partial charge in [-0.3, -0.25) is 9.69 Å². The SMILES string of the molecule is CCOC(=O)c1ccc(OC[C@H](O)CN2C(=O)N[C@@](C)(CC)C2=O)cc1. The van der Waals surface area contributed by atoms with Crippen LogP contribution in [0.25, 0.3) is 0 Å². The summed E-state index contributed by atoms with van der Waals surface area (Å²) in [5, 5.41) is 12.7. The van der Waals surface area contributed by atoms with Crippen LogP contribution in [-0.4, -0.2) is 59.3 Å². The van der Waals surface area contributed by atoms with Crippen LogP contribution >= 0.6 is 0 Å². The summed E-state index contributed by atoms with van der Waals surface area (Å²) in [6.45, 7) is 5.23. The van der Waals surface area contributed by atoms with Gasteiger partial charge in [0.2, 0.25) is 0 Å². The van der Waals surface area contributed by atoms with Crippen molar-refractivity contribution in [2.24, 2.45) is 0 Å². The quantitative estimate of drug-likeness (QED) is 0.532. The standard InChI is InChI=1S/C18H24N2O6/c1-4-18(3)16(23)20(17(24)19-18)10-13(21)11-26-14-8-6-12(7-9-14)15(22)25-5-2/h6-9,13,21H,4-5,10-11H2,1-3H3,(H,19,24)/t13-,18+/m1/s1. The van der Waals surface area contributed by atoms with Crippen molar-refractivity contribution in [2.75, 3.05) is 19.8 Å². The highest BCUT2D eigenvalue weighted by molar-refractivity contribution is 6.06. The molecule has 2 N–H and O–H groups in total. The Bertz CT molecular complexity index is 675. The summed E-state index contributed by atoms with van der Waals surface area (Å²) >= 11 is 0. The largest absolute Gasteiger partial charge is 0.491 e. The van der Waals surface area contributed by atoms with E-state index in [4.69, 9.17) is 9.47 Å². The molecular formula is C18H24N2O6. The van der Waals surface area contributed by atoms with Crippen LogP contribution in [0.3, 0.4) is 0 Å². The van der Waals surface area contributed by atoms with Crippen molar-refractivity contribution in [3.8, 4) is 5.75 Å². The number of ether oxygens (including phenoxy) is 2. The zero-order valence-electron chi connectivity index (χ0n) is 15.2. The molecule has 3 amide bonds. The molecule has 2 atom stereocenters. The number of esters is 1. The molecule has 0 radical (unpaired) electrons. The third-order valence-electron chi connectivity index (χ3n) is 4.25. The Labute approximate surface area is 152 Å². The number of β-amino-alcohol motifs (C(OH)–C–C–N with tert-alkyl or cyclic N) is 1. The van der Waals surface area contributed by atoms with Crippen LogP contribution in [0.15, 0.2) is 24.3 Å². The number of hydrogen-bond acceptors (Lipinski definition) is 6. The maximum atomic E-state index is 12.3. The fourth-order valence-corrected chi connectivity index (χ4v) is 2.51. The second-order valence-electron chi connectivity index (χ2n) is 6.24. The van der Waals surface area contributed by atoms with Crippen molar-refractivity contribution < 1.29 is 29.0 Å². The van der Waals surface area contributed by atoms with E-state index in [0.717, 1.165) is 4.90 Å². The number of imide groups is 1. The van der Waals surface area contributed by atoms with Gasteiger partial charge in [-0.25, -0.2) is 9.59 Å². The van der Waals surface area contributed by atoms with E-state index in [1.165, 1.54) is 0 Å². The number of nitrogens with one attached hydrogen (secondary N) is 1. The van der Waals surface area contributed by atoms with Gasteiger partial charge in [-0.1, -0.05) is 6.92 Å². The van der Waals surface area contributed by atoms with Gasteiger partial charge in [0.05, 0.1) is 18.7 Å². The van der Waals surface area contributed by atoms with Gasteiger partial charge in [-0.05, 0) is 44.5 Å². The number of nitrogens with zero attached hydrogens (tertiary/aromatic N) is 1. The molecule has 0 unspecified atom stereocenters. The molecule has 0 bridgehead atoms. The van der Waals surface area contributed by atoms with Gasteiger partial charge in [0.25, 0.3) is 5.91 Å². The molecule has 1 aliphatic heterocycles. The summed E-state index contributed by atoms with van der Waals surface area (Å²) < 4.78 is 10.3. The van der Waals surface area contributed by atoms with E-state index in [1.54, 1.807) is 45.0 Å². The van der Waals surface area contributed by atoms with Crippen molar-refractivity contribution in [1.29, 1.82) is 0 Å². The third kappa shape index (κ3) is 4.32. The molecule has 0 aliphatic carbocycles. The number of aliphatic hydroxyl groups excluding tert-OH is 1. The molecule has 0 aromatic heterocycles. The monoisotopic (exact) mass is 364 g/mol. The van der Waals surface area contributed by atoms with Crippen LogP contribution in [0.1, 0.15) is 37.6 Å². The van der Waals surface area contributed by atoms with Crippen molar-refractivity contribution in [1.82, 2.24) is 10.2 Å². The van der Waals surface area contributed by atoms with E-state index in [9.17, 15) is 19.5 Å². The van der Waals surface area contributed by atoms with E-state index in [-0.39, 0.29) is 19.1 Å². The highest BCUT2D eigenvalue weighted by atomic mass is 16.5. The van der Waals surface area contributed by atoms with E-state index in [0.29, 0.717) is 24.3 Å². The van der Waals surface area contributed by atoms with Gasteiger partial charge >= 0.3 is 12.0 Å².